The second kappa shape index (κ2) is 33.2. The maximum atomic E-state index is 8.00. The number of benzene rings is 2. The van der Waals surface area contributed by atoms with Gasteiger partial charge in [-0.2, -0.15) is 0 Å². The molecule has 2 aromatic carbocycles. The number of methoxy groups -OCH3 is 2. The molecule has 0 aliphatic rings. The third kappa shape index (κ3) is 24.9. The number of nitrogens with two attached hydrogens (primary N) is 1. The summed E-state index contributed by atoms with van der Waals surface area (Å²) in [4.78, 5) is 9.05. The van der Waals surface area contributed by atoms with Gasteiger partial charge in [0.25, 0.3) is 0 Å². The summed E-state index contributed by atoms with van der Waals surface area (Å²) in [5, 5.41) is 9.00. The van der Waals surface area contributed by atoms with Gasteiger partial charge in [-0.15, -0.1) is 17.7 Å². The van der Waals surface area contributed by atoms with Gasteiger partial charge in [-0.05, 0) is 106 Å². The predicted molar refractivity (Wildman–Crippen MR) is 169 cm³/mol. The van der Waals surface area contributed by atoms with Crippen molar-refractivity contribution in [3.05, 3.63) is 56.6 Å². The molecule has 0 aromatic heterocycles. The van der Waals surface area contributed by atoms with E-state index in [-0.39, 0.29) is 107 Å². The summed E-state index contributed by atoms with van der Waals surface area (Å²) in [7, 11) is 3.33. The van der Waals surface area contributed by atoms with Gasteiger partial charge in [-0.3, -0.25) is 0 Å². The molecular weight excluding hydrogens is 638 g/mol. The Balaban J connectivity index is -0.000000104. The van der Waals surface area contributed by atoms with E-state index in [1.807, 2.05) is 52.8 Å². The molecule has 0 fully saturated rings. The zero-order chi connectivity index (χ0) is 27.4. The first kappa shape index (κ1) is 52.3. The Labute approximate surface area is 326 Å². The van der Waals surface area contributed by atoms with E-state index in [9.17, 15) is 0 Å². The molecule has 8 nitrogen and oxygen atoms in total. The van der Waals surface area contributed by atoms with Gasteiger partial charge in [-0.25, -0.2) is 5.55 Å². The van der Waals surface area contributed by atoms with Crippen LogP contribution >= 0.6 is 48.6 Å². The predicted octanol–water partition coefficient (Wildman–Crippen LogP) is 0.887. The monoisotopic (exact) mass is 673 g/mol. The summed E-state index contributed by atoms with van der Waals surface area (Å²) >= 11 is 10.7. The Hall–Kier alpha value is 0.646. The Morgan fingerprint density at radius 3 is 1.79 bits per heavy atom. The fourth-order valence-electron chi connectivity index (χ4n) is 2.43. The number of hydrogen-bond acceptors (Lipinski definition) is 12. The van der Waals surface area contributed by atoms with E-state index in [4.69, 9.17) is 42.3 Å². The Morgan fingerprint density at radius 2 is 1.44 bits per heavy atom. The van der Waals surface area contributed by atoms with Gasteiger partial charge in [0, 0.05) is 23.3 Å². The molecule has 0 heterocycles. The molecule has 0 amide bonds. The number of aryl methyl sites for hydroxylation is 2. The summed E-state index contributed by atoms with van der Waals surface area (Å²) in [5.41, 5.74) is 13.2. The van der Waals surface area contributed by atoms with Crippen molar-refractivity contribution in [1.82, 2.24) is 0 Å². The largest absolute Gasteiger partial charge is 1.00 e. The second-order valence-electron chi connectivity index (χ2n) is 6.61. The van der Waals surface area contributed by atoms with Crippen molar-refractivity contribution < 1.29 is 99.9 Å². The van der Waals surface area contributed by atoms with Crippen LogP contribution in [0.2, 0.25) is 0 Å². The number of nitrogens with zero attached hydrogens (tertiary/aromatic N) is 1. The van der Waals surface area contributed by atoms with Gasteiger partial charge in [0.2, 0.25) is 4.38 Å². The maximum Gasteiger partial charge on any atom is 1.00 e. The molecule has 39 heavy (non-hydrogen) atoms. The Bertz CT molecular complexity index is 950. The van der Waals surface area contributed by atoms with E-state index in [1.165, 1.54) is 22.9 Å². The number of hydrogen-bond donors (Lipinski definition) is 1. The van der Waals surface area contributed by atoms with E-state index in [0.29, 0.717) is 17.6 Å². The van der Waals surface area contributed by atoms with Gasteiger partial charge in [0.1, 0.15) is 11.5 Å². The van der Waals surface area contributed by atoms with Crippen LogP contribution in [-0.2, 0) is 23.0 Å². The van der Waals surface area contributed by atoms with Gasteiger partial charge in [-0.1, -0.05) is 0 Å². The standard InChI is InChI=1S/C12H16O2S2.C9H13NO.C3H5OS.ClH.K.HNO2.Na.H2S/c1-5-14-12(15)16-10-6-8(2)9(3)11(7-10)13-4;1-6-4-8(10)5-9(11-3)7(6)2;1-2-4-3-5;;;2-1-3;;/h6-7H,5H2,1-4H3;4-5H,10H2,1-3H3;2H2,1H3;1H;;(H,2,3);;1H2/q;;-1;;+1;;+1;/p-2. The molecule has 2 N–H and O–H groups in total. The maximum absolute atomic E-state index is 8.00. The van der Waals surface area contributed by atoms with Gasteiger partial charge < -0.3 is 60.5 Å². The first-order valence-electron chi connectivity index (χ1n) is 10.4. The first-order valence-corrected chi connectivity index (χ1v) is 12.0. The van der Waals surface area contributed by atoms with Crippen LogP contribution in [0.15, 0.2) is 34.5 Å². The van der Waals surface area contributed by atoms with E-state index in [0.717, 1.165) is 38.5 Å². The van der Waals surface area contributed by atoms with Crippen LogP contribution in [0, 0.1) is 37.8 Å². The summed E-state index contributed by atoms with van der Waals surface area (Å²) in [5.74, 6) is 1.75. The summed E-state index contributed by atoms with van der Waals surface area (Å²) in [6.07, 6.45) is 0. The van der Waals surface area contributed by atoms with Crippen molar-refractivity contribution in [3.63, 3.8) is 0 Å². The fraction of sp³-hybridized carbons (Fsp3) is 0.417. The average Bonchev–Trinajstić information content (AvgIpc) is 2.80. The second-order valence-corrected chi connectivity index (χ2v) is 8.45. The normalized spacial score (nSPS) is 8.00. The number of anilines is 1. The smallest absolute Gasteiger partial charge is 0.813 e. The topological polar surface area (TPSA) is 115 Å². The average molecular weight is 674 g/mol. The van der Waals surface area contributed by atoms with Crippen molar-refractivity contribution in [1.29, 1.82) is 0 Å². The molecule has 0 spiro atoms. The molecule has 0 unspecified atom stereocenters. The van der Waals surface area contributed by atoms with Crippen LogP contribution in [0.5, 0.6) is 11.5 Å². The number of nitrogen functional groups attached to an aromatic ring is 1. The number of rotatable bonds is 6. The number of thiol groups is 1. The molecular formula is C24H36ClKN2NaO6S4-. The number of thiocarbonyl (C=S) groups is 2. The van der Waals surface area contributed by atoms with Gasteiger partial charge >= 0.3 is 80.9 Å². The zero-order valence-corrected chi connectivity index (χ0v) is 33.6. The summed E-state index contributed by atoms with van der Waals surface area (Å²) in [6.45, 7) is 13.2. The third-order valence-corrected chi connectivity index (χ3v) is 5.58. The van der Waals surface area contributed by atoms with Crippen molar-refractivity contribution in [3.8, 4) is 11.5 Å². The van der Waals surface area contributed by atoms with E-state index in [1.54, 1.807) is 14.2 Å². The van der Waals surface area contributed by atoms with Crippen molar-refractivity contribution in [2.24, 2.45) is 5.34 Å². The summed E-state index contributed by atoms with van der Waals surface area (Å²) in [6, 6.07) is 7.85. The van der Waals surface area contributed by atoms with Gasteiger partial charge in [0.15, 0.2) is 0 Å². The number of halogens is 1. The van der Waals surface area contributed by atoms with Crippen molar-refractivity contribution in [2.45, 2.75) is 46.4 Å². The fourth-order valence-corrected chi connectivity index (χ4v) is 3.73. The molecule has 2 rings (SSSR count). The molecule has 15 heteroatoms. The van der Waals surface area contributed by atoms with Crippen LogP contribution in [-0.4, -0.2) is 37.4 Å². The van der Waals surface area contributed by atoms with Crippen molar-refractivity contribution in [2.75, 3.05) is 33.2 Å². The molecule has 0 bridgehead atoms. The van der Waals surface area contributed by atoms with Crippen LogP contribution in [0.3, 0.4) is 0 Å². The summed E-state index contributed by atoms with van der Waals surface area (Å²) < 4.78 is 20.6. The third-order valence-electron chi connectivity index (χ3n) is 4.34. The van der Waals surface area contributed by atoms with Crippen LogP contribution in [0.4, 0.5) is 5.69 Å². The number of thioether (sulfide) groups is 1. The zero-order valence-electron chi connectivity index (χ0n) is 24.3. The molecule has 2 aromatic rings. The quantitative estimate of drug-likeness (QED) is 0.0543. The van der Waals surface area contributed by atoms with Crippen LogP contribution < -0.4 is 96.1 Å². The SMILES string of the molecule is CCOC(=S)Sc1cc(C)c(C)c(OC)c1.CCO[C-]=S.COc1cc(N)cc(C)c1C.Cl.O=N[O-].[K+].[Na+].[SH-]. The van der Waals surface area contributed by atoms with E-state index >= 15 is 0 Å². The minimum Gasteiger partial charge on any atom is -0.813 e. The first-order chi connectivity index (χ1) is 16.6. The molecule has 0 atom stereocenters. The van der Waals surface area contributed by atoms with Crippen molar-refractivity contribution >= 4 is 77.7 Å². The Kier molecular flexibility index (Phi) is 44.5. The molecule has 0 aliphatic heterocycles. The number of ether oxygens (including phenoxy) is 4. The molecule has 212 valence electrons. The van der Waals surface area contributed by atoms with Crippen LogP contribution in [0.1, 0.15) is 36.1 Å². The Morgan fingerprint density at radius 1 is 1.00 bits per heavy atom. The molecule has 0 aliphatic carbocycles. The van der Waals surface area contributed by atoms with E-state index < -0.39 is 0 Å². The molecule has 0 saturated carbocycles. The molecule has 0 saturated heterocycles. The van der Waals surface area contributed by atoms with Gasteiger partial charge in [0.05, 0.1) is 20.8 Å². The van der Waals surface area contributed by atoms with Crippen LogP contribution in [0.25, 0.3) is 0 Å². The molecule has 0 radical (unpaired) electrons. The van der Waals surface area contributed by atoms with E-state index in [2.05, 4.69) is 35.5 Å². The minimum absolute atomic E-state index is 0. The minimum atomic E-state index is 0.